The summed E-state index contributed by atoms with van der Waals surface area (Å²) >= 11 is 0. The molecular weight excluding hydrogens is 278 g/mol. The molecule has 6 nitrogen and oxygen atoms in total. The number of amides is 1. The minimum atomic E-state index is 0.291. The minimum absolute atomic E-state index is 0.291. The number of anilines is 1. The molecule has 0 bridgehead atoms. The fraction of sp³-hybridized carbons (Fsp3) is 0.625. The molecule has 0 radical (unpaired) electrons. The fourth-order valence-electron chi connectivity index (χ4n) is 3.07. The van der Waals surface area contributed by atoms with Gasteiger partial charge in [0, 0.05) is 71.5 Å². The Morgan fingerprint density at radius 1 is 1.09 bits per heavy atom. The molecular formula is C16H25N5O. The summed E-state index contributed by atoms with van der Waals surface area (Å²) in [6, 6.07) is 5.97. The standard InChI is InChI=1S/C16H25N5O/c22-16(4-8-19-9-6-17-7-10-19)21-13-11-20(12-14-21)15-3-1-2-5-18-15/h1-3,5,17H,4,6-14H2. The van der Waals surface area contributed by atoms with Crippen molar-refractivity contribution in [1.82, 2.24) is 20.1 Å². The molecule has 1 amide bonds. The van der Waals surface area contributed by atoms with Crippen molar-refractivity contribution in [3.63, 3.8) is 0 Å². The molecule has 3 rings (SSSR count). The van der Waals surface area contributed by atoms with Crippen LogP contribution in [0, 0.1) is 0 Å². The Hall–Kier alpha value is -1.66. The lowest BCUT2D eigenvalue weighted by Gasteiger charge is -2.36. The molecule has 22 heavy (non-hydrogen) atoms. The number of carbonyl (C=O) groups excluding carboxylic acids is 1. The van der Waals surface area contributed by atoms with Gasteiger partial charge in [0.1, 0.15) is 5.82 Å². The molecule has 120 valence electrons. The van der Waals surface area contributed by atoms with E-state index < -0.39 is 0 Å². The predicted molar refractivity (Wildman–Crippen MR) is 87.0 cm³/mol. The van der Waals surface area contributed by atoms with Crippen LogP contribution in [0.15, 0.2) is 24.4 Å². The van der Waals surface area contributed by atoms with E-state index in [0.717, 1.165) is 64.7 Å². The maximum Gasteiger partial charge on any atom is 0.223 e. The second kappa shape index (κ2) is 7.56. The van der Waals surface area contributed by atoms with Gasteiger partial charge in [-0.3, -0.25) is 4.79 Å². The van der Waals surface area contributed by atoms with Gasteiger partial charge >= 0.3 is 0 Å². The fourth-order valence-corrected chi connectivity index (χ4v) is 3.07. The van der Waals surface area contributed by atoms with E-state index in [0.29, 0.717) is 12.3 Å². The van der Waals surface area contributed by atoms with Crippen LogP contribution >= 0.6 is 0 Å². The lowest BCUT2D eigenvalue weighted by atomic mass is 10.2. The van der Waals surface area contributed by atoms with E-state index in [1.165, 1.54) is 0 Å². The highest BCUT2D eigenvalue weighted by Gasteiger charge is 2.22. The molecule has 1 aromatic heterocycles. The van der Waals surface area contributed by atoms with Crippen molar-refractivity contribution >= 4 is 11.7 Å². The molecule has 1 N–H and O–H groups in total. The number of carbonyl (C=O) groups is 1. The largest absolute Gasteiger partial charge is 0.353 e. The first-order chi connectivity index (χ1) is 10.8. The van der Waals surface area contributed by atoms with Gasteiger partial charge in [-0.05, 0) is 12.1 Å². The molecule has 2 aliphatic heterocycles. The molecule has 0 saturated carbocycles. The molecule has 1 aromatic rings. The molecule has 0 unspecified atom stereocenters. The zero-order valence-electron chi connectivity index (χ0n) is 13.1. The van der Waals surface area contributed by atoms with Gasteiger partial charge in [0.2, 0.25) is 5.91 Å². The normalized spacial score (nSPS) is 20.2. The van der Waals surface area contributed by atoms with Crippen LogP contribution in [0.1, 0.15) is 6.42 Å². The monoisotopic (exact) mass is 303 g/mol. The summed E-state index contributed by atoms with van der Waals surface area (Å²) in [5, 5.41) is 3.34. The first-order valence-corrected chi connectivity index (χ1v) is 8.20. The van der Waals surface area contributed by atoms with Gasteiger partial charge < -0.3 is 20.0 Å². The quantitative estimate of drug-likeness (QED) is 0.850. The molecule has 0 aromatic carbocycles. The van der Waals surface area contributed by atoms with Crippen LogP contribution in [0.5, 0.6) is 0 Å². The highest BCUT2D eigenvalue weighted by Crippen LogP contribution is 2.13. The molecule has 0 spiro atoms. The molecule has 0 aliphatic carbocycles. The van der Waals surface area contributed by atoms with E-state index in [1.807, 2.05) is 29.3 Å². The third kappa shape index (κ3) is 3.96. The Morgan fingerprint density at radius 3 is 2.55 bits per heavy atom. The maximum absolute atomic E-state index is 12.3. The van der Waals surface area contributed by atoms with Crippen LogP contribution in [-0.4, -0.2) is 79.6 Å². The third-order valence-corrected chi connectivity index (χ3v) is 4.46. The summed E-state index contributed by atoms with van der Waals surface area (Å²) in [4.78, 5) is 23.3. The highest BCUT2D eigenvalue weighted by atomic mass is 16.2. The van der Waals surface area contributed by atoms with Crippen molar-refractivity contribution in [3.8, 4) is 0 Å². The molecule has 2 aliphatic rings. The topological polar surface area (TPSA) is 51.7 Å². The van der Waals surface area contributed by atoms with Crippen LogP contribution in [0.25, 0.3) is 0 Å². The van der Waals surface area contributed by atoms with E-state index in [1.54, 1.807) is 0 Å². The zero-order valence-corrected chi connectivity index (χ0v) is 13.1. The van der Waals surface area contributed by atoms with E-state index >= 15 is 0 Å². The lowest BCUT2D eigenvalue weighted by Crippen LogP contribution is -2.50. The Balaban J connectivity index is 1.41. The lowest BCUT2D eigenvalue weighted by molar-refractivity contribution is -0.131. The SMILES string of the molecule is O=C(CCN1CCNCC1)N1CCN(c2ccccn2)CC1. The average molecular weight is 303 g/mol. The van der Waals surface area contributed by atoms with Crippen molar-refractivity contribution < 1.29 is 4.79 Å². The number of piperazine rings is 2. The number of aromatic nitrogens is 1. The van der Waals surface area contributed by atoms with E-state index in [2.05, 4.69) is 20.1 Å². The molecule has 3 heterocycles. The van der Waals surface area contributed by atoms with Crippen molar-refractivity contribution in [2.45, 2.75) is 6.42 Å². The molecule has 0 atom stereocenters. The summed E-state index contributed by atoms with van der Waals surface area (Å²) < 4.78 is 0. The number of nitrogens with zero attached hydrogens (tertiary/aromatic N) is 4. The molecule has 2 fully saturated rings. The van der Waals surface area contributed by atoms with Gasteiger partial charge in [-0.2, -0.15) is 0 Å². The second-order valence-corrected chi connectivity index (χ2v) is 5.90. The van der Waals surface area contributed by atoms with Crippen molar-refractivity contribution in [2.75, 3.05) is 63.8 Å². The summed E-state index contributed by atoms with van der Waals surface area (Å²) in [7, 11) is 0. The van der Waals surface area contributed by atoms with Gasteiger partial charge in [-0.15, -0.1) is 0 Å². The highest BCUT2D eigenvalue weighted by molar-refractivity contribution is 5.76. The summed E-state index contributed by atoms with van der Waals surface area (Å²) in [6.45, 7) is 8.43. The van der Waals surface area contributed by atoms with Crippen LogP contribution in [-0.2, 0) is 4.79 Å². The second-order valence-electron chi connectivity index (χ2n) is 5.90. The Labute approximate surface area is 132 Å². The van der Waals surface area contributed by atoms with Crippen molar-refractivity contribution in [1.29, 1.82) is 0 Å². The summed E-state index contributed by atoms with van der Waals surface area (Å²) in [5.74, 6) is 1.30. The molecule has 6 heteroatoms. The smallest absolute Gasteiger partial charge is 0.223 e. The summed E-state index contributed by atoms with van der Waals surface area (Å²) in [6.07, 6.45) is 2.46. The number of rotatable bonds is 4. The number of hydrogen-bond acceptors (Lipinski definition) is 5. The Bertz CT molecular complexity index is 467. The molecule has 2 saturated heterocycles. The van der Waals surface area contributed by atoms with E-state index in [4.69, 9.17) is 0 Å². The van der Waals surface area contributed by atoms with E-state index in [-0.39, 0.29) is 0 Å². The first-order valence-electron chi connectivity index (χ1n) is 8.20. The van der Waals surface area contributed by atoms with Crippen LogP contribution in [0.3, 0.4) is 0 Å². The maximum atomic E-state index is 12.3. The van der Waals surface area contributed by atoms with E-state index in [9.17, 15) is 4.79 Å². The van der Waals surface area contributed by atoms with Gasteiger partial charge in [0.05, 0.1) is 0 Å². The Morgan fingerprint density at radius 2 is 1.86 bits per heavy atom. The average Bonchev–Trinajstić information content (AvgIpc) is 2.61. The van der Waals surface area contributed by atoms with Gasteiger partial charge in [0.15, 0.2) is 0 Å². The van der Waals surface area contributed by atoms with Gasteiger partial charge in [-0.25, -0.2) is 4.98 Å². The predicted octanol–water partition coefficient (Wildman–Crippen LogP) is 0.0255. The first kappa shape index (κ1) is 15.2. The minimum Gasteiger partial charge on any atom is -0.353 e. The number of hydrogen-bond donors (Lipinski definition) is 1. The number of pyridine rings is 1. The van der Waals surface area contributed by atoms with Crippen LogP contribution < -0.4 is 10.2 Å². The van der Waals surface area contributed by atoms with Gasteiger partial charge in [-0.1, -0.05) is 6.07 Å². The third-order valence-electron chi connectivity index (χ3n) is 4.46. The number of nitrogens with one attached hydrogen (secondary N) is 1. The zero-order chi connectivity index (χ0) is 15.2. The van der Waals surface area contributed by atoms with Gasteiger partial charge in [0.25, 0.3) is 0 Å². The van der Waals surface area contributed by atoms with Crippen LogP contribution in [0.2, 0.25) is 0 Å². The summed E-state index contributed by atoms with van der Waals surface area (Å²) in [5.41, 5.74) is 0. The Kier molecular flexibility index (Phi) is 5.24. The van der Waals surface area contributed by atoms with Crippen LogP contribution in [0.4, 0.5) is 5.82 Å². The van der Waals surface area contributed by atoms with Crippen molar-refractivity contribution in [2.24, 2.45) is 0 Å². The van der Waals surface area contributed by atoms with Crippen molar-refractivity contribution in [3.05, 3.63) is 24.4 Å².